The fourth-order valence-corrected chi connectivity index (χ4v) is 1.55. The Labute approximate surface area is 139 Å². The highest BCUT2D eigenvalue weighted by molar-refractivity contribution is 5.86. The van der Waals surface area contributed by atoms with Crippen molar-refractivity contribution >= 4 is 22.8 Å². The second kappa shape index (κ2) is 12.4. The summed E-state index contributed by atoms with van der Waals surface area (Å²) < 4.78 is 4.97. The van der Waals surface area contributed by atoms with Crippen molar-refractivity contribution in [3.05, 3.63) is 36.4 Å². The summed E-state index contributed by atoms with van der Waals surface area (Å²) in [5.41, 5.74) is 0.834. The highest BCUT2D eigenvalue weighted by Crippen LogP contribution is 2.14. The van der Waals surface area contributed by atoms with Crippen LogP contribution in [0.4, 0.5) is 10.6 Å². The molecule has 2 aromatic rings. The van der Waals surface area contributed by atoms with Gasteiger partial charge in [0.05, 0.1) is 5.52 Å². The first-order valence-electron chi connectivity index (χ1n) is 8.18. The number of aromatic nitrogens is 1. The SMILES string of the molecule is CC.CC.CC(C)NCOC(=O)Nc1ccc2ccccc2n1. The smallest absolute Gasteiger partial charge is 0.414 e. The lowest BCUT2D eigenvalue weighted by atomic mass is 10.2. The summed E-state index contributed by atoms with van der Waals surface area (Å²) in [6.45, 7) is 12.1. The molecule has 1 heterocycles. The van der Waals surface area contributed by atoms with Gasteiger partial charge in [0, 0.05) is 11.4 Å². The van der Waals surface area contributed by atoms with Crippen molar-refractivity contribution in [2.45, 2.75) is 47.6 Å². The van der Waals surface area contributed by atoms with Crippen LogP contribution in [0.3, 0.4) is 0 Å². The van der Waals surface area contributed by atoms with E-state index in [4.69, 9.17) is 4.74 Å². The molecule has 0 unspecified atom stereocenters. The van der Waals surface area contributed by atoms with Gasteiger partial charge in [0.1, 0.15) is 12.5 Å². The number of benzene rings is 1. The first-order valence-corrected chi connectivity index (χ1v) is 8.18. The number of amides is 1. The van der Waals surface area contributed by atoms with E-state index in [9.17, 15) is 4.79 Å². The molecular weight excluding hydrogens is 290 g/mol. The number of rotatable bonds is 4. The molecule has 0 aliphatic rings. The number of hydrogen-bond acceptors (Lipinski definition) is 4. The first kappa shape index (κ1) is 20.9. The molecule has 0 saturated heterocycles. The second-order valence-electron chi connectivity index (χ2n) is 4.45. The number of nitrogens with zero attached hydrogens (tertiary/aromatic N) is 1. The van der Waals surface area contributed by atoms with Gasteiger partial charge >= 0.3 is 6.09 Å². The Hall–Kier alpha value is -2.14. The maximum Gasteiger partial charge on any atom is 0.414 e. The maximum atomic E-state index is 11.5. The summed E-state index contributed by atoms with van der Waals surface area (Å²) in [6, 6.07) is 11.6. The Bertz CT molecular complexity index is 571. The van der Waals surface area contributed by atoms with E-state index in [0.717, 1.165) is 10.9 Å². The molecule has 0 radical (unpaired) electrons. The van der Waals surface area contributed by atoms with Gasteiger partial charge < -0.3 is 4.74 Å². The van der Waals surface area contributed by atoms with Crippen LogP contribution >= 0.6 is 0 Å². The molecule has 128 valence electrons. The Morgan fingerprint density at radius 3 is 2.39 bits per heavy atom. The second-order valence-corrected chi connectivity index (χ2v) is 4.45. The van der Waals surface area contributed by atoms with Gasteiger partial charge in [-0.05, 0) is 32.0 Å². The topological polar surface area (TPSA) is 63.2 Å². The van der Waals surface area contributed by atoms with Crippen LogP contribution in [-0.2, 0) is 4.74 Å². The van der Waals surface area contributed by atoms with Crippen molar-refractivity contribution < 1.29 is 9.53 Å². The van der Waals surface area contributed by atoms with Crippen LogP contribution in [0.25, 0.3) is 10.9 Å². The molecule has 0 aliphatic heterocycles. The lowest BCUT2D eigenvalue weighted by molar-refractivity contribution is 0.148. The number of carbonyl (C=O) groups excluding carboxylic acids is 1. The predicted octanol–water partition coefficient (Wildman–Crippen LogP) is 4.79. The number of para-hydroxylation sites is 1. The zero-order valence-corrected chi connectivity index (χ0v) is 15.0. The monoisotopic (exact) mass is 319 g/mol. The Kier molecular flexibility index (Phi) is 11.3. The summed E-state index contributed by atoms with van der Waals surface area (Å²) in [5.74, 6) is 0.480. The van der Waals surface area contributed by atoms with E-state index in [1.165, 1.54) is 0 Å². The standard InChI is InChI=1S/C14H17N3O2.2C2H6/c1-10(2)15-9-19-14(18)17-13-8-7-11-5-3-4-6-12(11)16-13;2*1-2/h3-8,10,15H,9H2,1-2H3,(H,16,17,18);2*1-2H3. The molecule has 2 rings (SSSR count). The third kappa shape index (κ3) is 8.16. The van der Waals surface area contributed by atoms with Crippen LogP contribution in [-0.4, -0.2) is 23.8 Å². The van der Waals surface area contributed by atoms with Crippen LogP contribution in [0.15, 0.2) is 36.4 Å². The third-order valence-electron chi connectivity index (χ3n) is 2.52. The molecule has 0 spiro atoms. The number of carbonyl (C=O) groups is 1. The van der Waals surface area contributed by atoms with Gasteiger partial charge in [0.15, 0.2) is 0 Å². The van der Waals surface area contributed by atoms with E-state index >= 15 is 0 Å². The molecule has 0 atom stereocenters. The predicted molar refractivity (Wildman–Crippen MR) is 97.7 cm³/mol. The number of ether oxygens (including phenoxy) is 1. The lowest BCUT2D eigenvalue weighted by Crippen LogP contribution is -2.28. The quantitative estimate of drug-likeness (QED) is 0.795. The molecular formula is C18H29N3O2. The summed E-state index contributed by atoms with van der Waals surface area (Å²) >= 11 is 0. The zero-order chi connectivity index (χ0) is 17.7. The van der Waals surface area contributed by atoms with Crippen molar-refractivity contribution in [1.29, 1.82) is 0 Å². The Balaban J connectivity index is 0.00000112. The number of nitrogens with one attached hydrogen (secondary N) is 2. The van der Waals surface area contributed by atoms with Gasteiger partial charge in [-0.2, -0.15) is 0 Å². The van der Waals surface area contributed by atoms with Gasteiger partial charge in [-0.25, -0.2) is 9.78 Å². The van der Waals surface area contributed by atoms with Gasteiger partial charge in [-0.3, -0.25) is 10.6 Å². The van der Waals surface area contributed by atoms with Crippen molar-refractivity contribution in [2.75, 3.05) is 12.0 Å². The van der Waals surface area contributed by atoms with Crippen LogP contribution in [0.2, 0.25) is 0 Å². The number of hydrogen-bond donors (Lipinski definition) is 2. The highest BCUT2D eigenvalue weighted by atomic mass is 16.6. The van der Waals surface area contributed by atoms with Crippen LogP contribution in [0.5, 0.6) is 0 Å². The van der Waals surface area contributed by atoms with E-state index in [1.54, 1.807) is 6.07 Å². The van der Waals surface area contributed by atoms with Crippen molar-refractivity contribution in [3.8, 4) is 0 Å². The third-order valence-corrected chi connectivity index (χ3v) is 2.52. The first-order chi connectivity index (χ1) is 11.1. The molecule has 0 aliphatic carbocycles. The molecule has 1 aromatic carbocycles. The minimum absolute atomic E-state index is 0.178. The lowest BCUT2D eigenvalue weighted by Gasteiger charge is -2.09. The minimum Gasteiger partial charge on any atom is -0.433 e. The minimum atomic E-state index is -0.518. The van der Waals surface area contributed by atoms with Gasteiger partial charge in [-0.15, -0.1) is 0 Å². The summed E-state index contributed by atoms with van der Waals surface area (Å²) in [7, 11) is 0. The molecule has 1 aromatic heterocycles. The van der Waals surface area contributed by atoms with Gasteiger partial charge in [-0.1, -0.05) is 45.9 Å². The zero-order valence-electron chi connectivity index (χ0n) is 15.0. The van der Waals surface area contributed by atoms with Gasteiger partial charge in [0.2, 0.25) is 0 Å². The number of pyridine rings is 1. The van der Waals surface area contributed by atoms with Crippen LogP contribution in [0.1, 0.15) is 41.5 Å². The average molecular weight is 319 g/mol. The summed E-state index contributed by atoms with van der Waals surface area (Å²) in [6.07, 6.45) is -0.518. The Morgan fingerprint density at radius 2 is 1.74 bits per heavy atom. The van der Waals surface area contributed by atoms with Crippen molar-refractivity contribution in [2.24, 2.45) is 0 Å². The summed E-state index contributed by atoms with van der Waals surface area (Å²) in [5, 5.41) is 6.61. The van der Waals surface area contributed by atoms with Gasteiger partial charge in [0.25, 0.3) is 0 Å². The molecule has 1 amide bonds. The molecule has 5 nitrogen and oxygen atoms in total. The molecule has 0 saturated carbocycles. The van der Waals surface area contributed by atoms with E-state index in [2.05, 4.69) is 15.6 Å². The molecule has 0 bridgehead atoms. The highest BCUT2D eigenvalue weighted by Gasteiger charge is 2.05. The molecule has 2 N–H and O–H groups in total. The molecule has 0 fully saturated rings. The molecule has 23 heavy (non-hydrogen) atoms. The fourth-order valence-electron chi connectivity index (χ4n) is 1.55. The van der Waals surface area contributed by atoms with E-state index in [0.29, 0.717) is 5.82 Å². The summed E-state index contributed by atoms with van der Waals surface area (Å²) in [4.78, 5) is 15.8. The Morgan fingerprint density at radius 1 is 1.09 bits per heavy atom. The normalized spacial score (nSPS) is 9.35. The van der Waals surface area contributed by atoms with Crippen LogP contribution < -0.4 is 10.6 Å². The number of anilines is 1. The maximum absolute atomic E-state index is 11.5. The van der Waals surface area contributed by atoms with E-state index in [-0.39, 0.29) is 12.8 Å². The van der Waals surface area contributed by atoms with Crippen LogP contribution in [0, 0.1) is 0 Å². The van der Waals surface area contributed by atoms with E-state index in [1.807, 2.05) is 71.9 Å². The molecule has 5 heteroatoms. The van der Waals surface area contributed by atoms with Crippen molar-refractivity contribution in [3.63, 3.8) is 0 Å². The number of fused-ring (bicyclic) bond motifs is 1. The fraction of sp³-hybridized carbons (Fsp3) is 0.444. The van der Waals surface area contributed by atoms with Crippen molar-refractivity contribution in [1.82, 2.24) is 10.3 Å². The largest absolute Gasteiger partial charge is 0.433 e. The van der Waals surface area contributed by atoms with E-state index < -0.39 is 6.09 Å². The average Bonchev–Trinajstić information content (AvgIpc) is 2.58.